The number of carbonyl (C=O) groups excluding carboxylic acids is 10. The maximum Gasteiger partial charge on any atom is 0.534 e. The topological polar surface area (TPSA) is 373 Å². The molecule has 0 saturated carbocycles. The number of benzene rings is 5. The molecule has 2 unspecified atom stereocenters. The summed E-state index contributed by atoms with van der Waals surface area (Å²) < 4.78 is 121. The maximum atomic E-state index is 15.3. The largest absolute Gasteiger partial charge is 0.534 e. The summed E-state index contributed by atoms with van der Waals surface area (Å²) in [6.45, 7) is 20.5. The lowest BCUT2D eigenvalue weighted by atomic mass is 9.97. The fourth-order valence-corrected chi connectivity index (χ4v) is 15.2. The number of nitrogens with zero attached hydrogens (tertiary/aromatic N) is 4. The molecular weight excluding hydrogens is 1580 g/mol. The van der Waals surface area contributed by atoms with E-state index in [1.165, 1.54) is 75.4 Å². The number of hydrogen-bond acceptors (Lipinski definition) is 21. The highest BCUT2D eigenvalue weighted by molar-refractivity contribution is 7.87. The Labute approximate surface area is 683 Å². The molecule has 0 spiro atoms. The zero-order valence-corrected chi connectivity index (χ0v) is 70.2. The number of ether oxygens (including phenoxy) is 7. The van der Waals surface area contributed by atoms with Gasteiger partial charge in [-0.3, -0.25) is 43.3 Å². The van der Waals surface area contributed by atoms with Crippen molar-refractivity contribution in [1.82, 2.24) is 31.1 Å². The fraction of sp³-hybridized carbons (Fsp3) is 0.463. The Balaban J connectivity index is 0.947. The van der Waals surface area contributed by atoms with Gasteiger partial charge in [-0.1, -0.05) is 103 Å². The molecule has 5 aromatic carbocycles. The van der Waals surface area contributed by atoms with E-state index >= 15 is 9.59 Å². The molecule has 8 aliphatic heterocycles. The van der Waals surface area contributed by atoms with Gasteiger partial charge in [0, 0.05) is 42.3 Å². The van der Waals surface area contributed by atoms with Crippen LogP contribution in [0.1, 0.15) is 144 Å². The van der Waals surface area contributed by atoms with Crippen molar-refractivity contribution in [2.75, 3.05) is 61.1 Å². The first kappa shape index (κ1) is 89.1. The molecule has 8 aliphatic rings. The van der Waals surface area contributed by atoms with Crippen molar-refractivity contribution in [3.8, 4) is 23.0 Å². The van der Waals surface area contributed by atoms with Crippen molar-refractivity contribution in [2.45, 2.75) is 194 Å². The maximum absolute atomic E-state index is 15.3. The molecule has 6 N–H and O–H groups in total. The minimum Gasteiger partial charge on any atom is -0.493 e. The highest BCUT2D eigenvalue weighted by atomic mass is 32.2. The van der Waals surface area contributed by atoms with Crippen molar-refractivity contribution < 1.29 is 111 Å². The Morgan fingerprint density at radius 1 is 0.542 bits per heavy atom. The minimum atomic E-state index is -6.28. The van der Waals surface area contributed by atoms with Crippen molar-refractivity contribution >= 4 is 106 Å². The third-order valence-electron chi connectivity index (χ3n) is 21.2. The van der Waals surface area contributed by atoms with E-state index in [9.17, 15) is 59.9 Å². The predicted molar refractivity (Wildman–Crippen MR) is 430 cm³/mol. The van der Waals surface area contributed by atoms with Gasteiger partial charge in [0.05, 0.1) is 68.1 Å². The van der Waals surface area contributed by atoms with Gasteiger partial charge in [0.25, 0.3) is 11.8 Å². The summed E-state index contributed by atoms with van der Waals surface area (Å²) in [5.41, 5.74) is -1.74. The van der Waals surface area contributed by atoms with Gasteiger partial charge >= 0.3 is 27.8 Å². The number of nitrogens with one attached hydrogen (secondary N) is 6. The van der Waals surface area contributed by atoms with Crippen molar-refractivity contribution in [2.24, 2.45) is 11.8 Å². The van der Waals surface area contributed by atoms with Gasteiger partial charge in [-0.05, 0) is 142 Å². The molecule has 31 nitrogen and oxygen atoms in total. The van der Waals surface area contributed by atoms with Crippen molar-refractivity contribution in [3.05, 3.63) is 149 Å². The minimum absolute atomic E-state index is 0.00234. The fourth-order valence-electron chi connectivity index (χ4n) is 13.5. The van der Waals surface area contributed by atoms with Crippen molar-refractivity contribution in [1.29, 1.82) is 0 Å². The average molecular weight is 1680 g/mol. The highest BCUT2D eigenvalue weighted by Gasteiger charge is 2.55. The molecule has 8 atom stereocenters. The first-order chi connectivity index (χ1) is 55.6. The number of methoxy groups -OCH3 is 2. The molecule has 636 valence electrons. The SMILES string of the molecule is COc1cc2c3cc1OCCCCCOc1cc4c(cc1OC)C(=O)N1C=C(OS(=O)(=O)C(F)(F)F)C[C@H]1C(O[Si](C)(C)C(C)(C)C)N4C(=O)OCc1ccc(cc1)NC(=O)[C@H](C)NC(=O)[C@H](C(C)C)NC(=O)COCC(=O)N[C@@H](C(C)C)C(=O)N[C@@H](C)C(=O)Nc1ccc(cc1)COC(=O)N3C(C)[C@@H]1CC(c3ccc(C)cc3)=CN1C2=O. The molecule has 8 heterocycles. The summed E-state index contributed by atoms with van der Waals surface area (Å²) in [5, 5.41) is 15.2. The summed E-state index contributed by atoms with van der Waals surface area (Å²) >= 11 is 0. The molecule has 0 radical (unpaired) electrons. The van der Waals surface area contributed by atoms with Gasteiger partial charge < -0.3 is 83.5 Å². The number of halogens is 3. The molecule has 0 aromatic heterocycles. The Morgan fingerprint density at radius 2 is 0.992 bits per heavy atom. The Kier molecular flexibility index (Phi) is 28.1. The lowest BCUT2D eigenvalue weighted by Gasteiger charge is -2.44. The molecule has 118 heavy (non-hydrogen) atoms. The predicted octanol–water partition coefficient (Wildman–Crippen LogP) is 11.1. The van der Waals surface area contributed by atoms with Gasteiger partial charge in [-0.25, -0.2) is 14.5 Å². The molecular formula is C82H101F3N10O21SSi. The van der Waals surface area contributed by atoms with E-state index in [0.29, 0.717) is 42.5 Å². The summed E-state index contributed by atoms with van der Waals surface area (Å²) in [7, 11) is -6.75. The van der Waals surface area contributed by atoms with Gasteiger partial charge in [0.15, 0.2) is 37.5 Å². The summed E-state index contributed by atoms with van der Waals surface area (Å²) in [6.07, 6.45) is -0.0331. The second kappa shape index (κ2) is 37.1. The van der Waals surface area contributed by atoms with Gasteiger partial charge in [-0.2, -0.15) is 21.6 Å². The second-order valence-corrected chi connectivity index (χ2v) is 37.9. The van der Waals surface area contributed by atoms with E-state index in [1.54, 1.807) is 69.1 Å². The standard InChI is InChI=1S/C82H101F3N10O21SSi/c1-45(2)70-74(100)86-48(6)72(98)88-55-27-21-51(22-28-55)41-113-79(104)94-50(8)60-33-54(53-25-19-47(5)20-26-53)39-92(60)76(102)58-35-64(108-12)66(37-61(58)94)111-31-17-16-18-32-112-67-38-62-59(36-65(67)109-13)77(103)93-40-57(115-117(106,107)82(83,84)85)34-63(93)78(116-118(14,15)81(9,10)11)95(62)80(105)114-42-52-23-29-56(30-24-52)89-73(99)49(7)87-75(101)71(46(3)4)91-69(97)44-110-43-68(96)90-70/h19-30,35-40,45-46,48-50,60,63,70-71,78H,16-18,31-34,41-44H2,1-15H3,(H,86,100)(H,87,101)(H,88,98)(H,89,99)(H,90,96)(H,91,97)/t48-,49-,50?,60-,63-,70-,71-,78?/m0/s1. The van der Waals surface area contributed by atoms with Crippen LogP contribution < -0.4 is 60.6 Å². The Bertz CT molecular complexity index is 4810. The monoisotopic (exact) mass is 1680 g/mol. The van der Waals surface area contributed by atoms with E-state index < -0.39 is 181 Å². The van der Waals surface area contributed by atoms with E-state index in [0.717, 1.165) is 32.7 Å². The van der Waals surface area contributed by atoms with Gasteiger partial charge in [0.2, 0.25) is 35.4 Å². The smallest absolute Gasteiger partial charge is 0.493 e. The molecule has 0 fully saturated rings. The average Bonchev–Trinajstić information content (AvgIpc) is 1.59. The van der Waals surface area contributed by atoms with Crippen molar-refractivity contribution in [3.63, 3.8) is 0 Å². The Hall–Kier alpha value is -11.2. The lowest BCUT2D eigenvalue weighted by Crippen LogP contribution is -2.57. The number of alkyl halides is 3. The summed E-state index contributed by atoms with van der Waals surface area (Å²) in [5.74, 6) is -7.05. The first-order valence-corrected chi connectivity index (χ1v) is 42.9. The van der Waals surface area contributed by atoms with E-state index in [4.69, 9.17) is 37.6 Å². The van der Waals surface area contributed by atoms with Crippen LogP contribution in [0.3, 0.4) is 0 Å². The lowest BCUT2D eigenvalue weighted by molar-refractivity contribution is -0.137. The van der Waals surface area contributed by atoms with Crippen LogP contribution in [0.25, 0.3) is 5.57 Å². The van der Waals surface area contributed by atoms with Crippen LogP contribution in [-0.4, -0.2) is 181 Å². The second-order valence-electron chi connectivity index (χ2n) is 31.6. The normalized spacial score (nSPS) is 22.5. The van der Waals surface area contributed by atoms with E-state index in [1.807, 2.05) is 72.0 Å². The molecule has 5 aromatic rings. The molecule has 10 amide bonds. The first-order valence-electron chi connectivity index (χ1n) is 38.6. The number of rotatable bonds is 9. The van der Waals surface area contributed by atoms with E-state index in [2.05, 4.69) is 36.1 Å². The van der Waals surface area contributed by atoms with Crippen LogP contribution >= 0.6 is 0 Å². The van der Waals surface area contributed by atoms with Crippen LogP contribution in [0.4, 0.5) is 45.5 Å². The van der Waals surface area contributed by atoms with Crippen LogP contribution in [0.2, 0.25) is 18.1 Å². The highest BCUT2D eigenvalue weighted by Crippen LogP contribution is 2.48. The number of carbonyl (C=O) groups is 10. The quantitative estimate of drug-likeness (QED) is 0.0453. The number of fused-ring (bicyclic) bond motifs is 2. The summed E-state index contributed by atoms with van der Waals surface area (Å²) in [4.78, 5) is 146. The molecule has 0 saturated heterocycles. The Morgan fingerprint density at radius 3 is 1.43 bits per heavy atom. The zero-order valence-electron chi connectivity index (χ0n) is 68.3. The number of aryl methyl sites for hydroxylation is 1. The molecule has 13 rings (SSSR count). The van der Waals surface area contributed by atoms with Crippen LogP contribution in [0.5, 0.6) is 23.0 Å². The van der Waals surface area contributed by atoms with Crippen LogP contribution in [-0.2, 0) is 74.9 Å². The molecule has 36 heteroatoms. The zero-order chi connectivity index (χ0) is 86.2. The summed E-state index contributed by atoms with van der Waals surface area (Å²) in [6, 6.07) is 18.6. The van der Waals surface area contributed by atoms with Crippen LogP contribution in [0, 0.1) is 18.8 Å². The number of anilines is 4. The van der Waals surface area contributed by atoms with Crippen LogP contribution in [0.15, 0.2) is 115 Å². The third kappa shape index (κ3) is 20.8. The van der Waals surface area contributed by atoms with Gasteiger partial charge in [-0.15, -0.1) is 0 Å². The molecule has 0 aliphatic carbocycles. The van der Waals surface area contributed by atoms with E-state index in [-0.39, 0.29) is 71.0 Å². The molecule has 8 bridgehead atoms. The third-order valence-corrected chi connectivity index (χ3v) is 26.6. The van der Waals surface area contributed by atoms with Gasteiger partial charge in [0.1, 0.15) is 56.4 Å². The number of amides is 10. The number of hydrogen-bond donors (Lipinski definition) is 6.